The van der Waals surface area contributed by atoms with Crippen molar-refractivity contribution in [2.45, 2.75) is 38.3 Å². The van der Waals surface area contributed by atoms with E-state index in [1.165, 1.54) is 12.4 Å². The molecule has 0 bridgehead atoms. The second-order valence-electron chi connectivity index (χ2n) is 9.87. The molecule has 1 saturated carbocycles. The van der Waals surface area contributed by atoms with E-state index in [2.05, 4.69) is 16.0 Å². The Hall–Kier alpha value is -4.78. The summed E-state index contributed by atoms with van der Waals surface area (Å²) in [7, 11) is 0. The summed E-state index contributed by atoms with van der Waals surface area (Å²) < 4.78 is 22.8. The van der Waals surface area contributed by atoms with Crippen LogP contribution in [-0.4, -0.2) is 43.1 Å². The maximum Gasteiger partial charge on any atom is 0.264 e. The molecule has 10 heteroatoms. The van der Waals surface area contributed by atoms with Crippen LogP contribution >= 0.6 is 0 Å². The SMILES string of the molecule is N#C/C(=C/C1CC1)C(=O)N1CCC[C@@H]1Cn1nc(-c2ccc(Oc3ccccc3)cc2F)c2c(N)ncnc21. The van der Waals surface area contributed by atoms with Gasteiger partial charge in [0.05, 0.1) is 18.0 Å². The smallest absolute Gasteiger partial charge is 0.264 e. The fourth-order valence-corrected chi connectivity index (χ4v) is 5.02. The number of halogens is 1. The molecule has 2 fully saturated rings. The minimum atomic E-state index is -0.528. The second kappa shape index (κ2) is 10.2. The van der Waals surface area contributed by atoms with Crippen LogP contribution < -0.4 is 10.5 Å². The van der Waals surface area contributed by atoms with E-state index < -0.39 is 5.82 Å². The van der Waals surface area contributed by atoms with E-state index in [1.807, 2.05) is 18.2 Å². The molecule has 1 aliphatic carbocycles. The van der Waals surface area contributed by atoms with Crippen LogP contribution in [-0.2, 0) is 11.3 Å². The highest BCUT2D eigenvalue weighted by Gasteiger charge is 2.33. The van der Waals surface area contributed by atoms with Gasteiger partial charge in [0.15, 0.2) is 5.65 Å². The number of anilines is 1. The van der Waals surface area contributed by atoms with Gasteiger partial charge in [-0.15, -0.1) is 0 Å². The molecule has 2 N–H and O–H groups in total. The van der Waals surface area contributed by atoms with Crippen molar-refractivity contribution in [3.8, 4) is 28.8 Å². The van der Waals surface area contributed by atoms with Crippen molar-refractivity contribution in [1.82, 2.24) is 24.6 Å². The number of hydrogen-bond acceptors (Lipinski definition) is 7. The molecule has 4 aromatic rings. The monoisotopic (exact) mass is 523 g/mol. The molecular formula is C29H26FN7O2. The van der Waals surface area contributed by atoms with Crippen LogP contribution in [0.5, 0.6) is 11.5 Å². The number of para-hydroxylation sites is 1. The number of fused-ring (bicyclic) bond motifs is 1. The van der Waals surface area contributed by atoms with E-state index in [1.54, 1.807) is 39.9 Å². The molecule has 196 valence electrons. The summed E-state index contributed by atoms with van der Waals surface area (Å²) in [4.78, 5) is 23.4. The van der Waals surface area contributed by atoms with Crippen molar-refractivity contribution in [2.24, 2.45) is 5.92 Å². The summed E-state index contributed by atoms with van der Waals surface area (Å²) in [6, 6.07) is 15.6. The Morgan fingerprint density at radius 1 is 1.15 bits per heavy atom. The highest BCUT2D eigenvalue weighted by Crippen LogP contribution is 2.35. The number of ether oxygens (including phenoxy) is 1. The van der Waals surface area contributed by atoms with Crippen molar-refractivity contribution in [1.29, 1.82) is 5.26 Å². The Balaban J connectivity index is 1.32. The predicted octanol–water partition coefficient (Wildman–Crippen LogP) is 4.86. The zero-order chi connectivity index (χ0) is 26.9. The summed E-state index contributed by atoms with van der Waals surface area (Å²) >= 11 is 0. The van der Waals surface area contributed by atoms with Gasteiger partial charge in [-0.3, -0.25) is 4.79 Å². The lowest BCUT2D eigenvalue weighted by Gasteiger charge is -2.24. The van der Waals surface area contributed by atoms with Crippen LogP contribution in [0.3, 0.4) is 0 Å². The Morgan fingerprint density at radius 3 is 2.72 bits per heavy atom. The maximum absolute atomic E-state index is 15.4. The van der Waals surface area contributed by atoms with Gasteiger partial charge in [-0.05, 0) is 55.9 Å². The lowest BCUT2D eigenvalue weighted by atomic mass is 10.1. The number of likely N-dealkylation sites (tertiary alicyclic amines) is 1. The largest absolute Gasteiger partial charge is 0.457 e. The highest BCUT2D eigenvalue weighted by atomic mass is 19.1. The van der Waals surface area contributed by atoms with Crippen molar-refractivity contribution in [3.63, 3.8) is 0 Å². The van der Waals surface area contributed by atoms with Crippen molar-refractivity contribution < 1.29 is 13.9 Å². The minimum Gasteiger partial charge on any atom is -0.457 e. The van der Waals surface area contributed by atoms with Crippen molar-refractivity contribution >= 4 is 22.8 Å². The lowest BCUT2D eigenvalue weighted by Crippen LogP contribution is -2.39. The van der Waals surface area contributed by atoms with E-state index in [-0.39, 0.29) is 28.9 Å². The first-order chi connectivity index (χ1) is 19.0. The van der Waals surface area contributed by atoms with Gasteiger partial charge in [-0.2, -0.15) is 10.4 Å². The topological polar surface area (TPSA) is 123 Å². The highest BCUT2D eigenvalue weighted by molar-refractivity contribution is 5.99. The molecule has 2 aromatic carbocycles. The Bertz CT molecular complexity index is 1620. The molecule has 1 aliphatic heterocycles. The van der Waals surface area contributed by atoms with E-state index in [0.29, 0.717) is 47.2 Å². The summed E-state index contributed by atoms with van der Waals surface area (Å²) in [5, 5.41) is 14.7. The van der Waals surface area contributed by atoms with Gasteiger partial charge in [0, 0.05) is 18.2 Å². The maximum atomic E-state index is 15.4. The van der Waals surface area contributed by atoms with Crippen LogP contribution in [0.2, 0.25) is 0 Å². The molecule has 2 aliphatic rings. The predicted molar refractivity (Wildman–Crippen MR) is 143 cm³/mol. The Kier molecular flexibility index (Phi) is 6.40. The second-order valence-corrected chi connectivity index (χ2v) is 9.87. The standard InChI is InChI=1S/C29H26FN7O2/c30-24-14-22(39-21-6-2-1-3-7-21)10-11-23(24)26-25-27(32)33-17-34-28(25)37(35-26)16-20-5-4-12-36(20)29(38)19(15-31)13-18-8-9-18/h1-3,6-7,10-11,13-14,17-18,20H,4-5,8-9,12,16H2,(H2,32,33,34)/b19-13-/t20-/m1/s1. The first-order valence-corrected chi connectivity index (χ1v) is 12.9. The molecule has 6 rings (SSSR count). The fraction of sp³-hybridized carbons (Fsp3) is 0.276. The minimum absolute atomic E-state index is 0.184. The molecular weight excluding hydrogens is 497 g/mol. The van der Waals surface area contributed by atoms with Gasteiger partial charge in [0.2, 0.25) is 0 Å². The number of aromatic nitrogens is 4. The van der Waals surface area contributed by atoms with E-state index >= 15 is 4.39 Å². The Labute approximate surface area is 224 Å². The molecule has 0 unspecified atom stereocenters. The third kappa shape index (κ3) is 4.91. The molecule has 0 spiro atoms. The van der Waals surface area contributed by atoms with Gasteiger partial charge in [-0.1, -0.05) is 24.3 Å². The van der Waals surface area contributed by atoms with E-state index in [0.717, 1.165) is 25.7 Å². The zero-order valence-corrected chi connectivity index (χ0v) is 21.1. The normalized spacial score (nSPS) is 17.4. The van der Waals surface area contributed by atoms with Crippen LogP contribution in [0, 0.1) is 23.1 Å². The summed E-state index contributed by atoms with van der Waals surface area (Å²) in [6.45, 7) is 0.894. The molecule has 3 heterocycles. The number of nitrogens with zero attached hydrogens (tertiary/aromatic N) is 6. The van der Waals surface area contributed by atoms with Crippen molar-refractivity contribution in [2.75, 3.05) is 12.3 Å². The quantitative estimate of drug-likeness (QED) is 0.271. The zero-order valence-electron chi connectivity index (χ0n) is 21.1. The fourth-order valence-electron chi connectivity index (χ4n) is 5.02. The number of hydrogen-bond donors (Lipinski definition) is 1. The molecule has 9 nitrogen and oxygen atoms in total. The van der Waals surface area contributed by atoms with Crippen LogP contribution in [0.1, 0.15) is 25.7 Å². The van der Waals surface area contributed by atoms with Crippen LogP contribution in [0.4, 0.5) is 10.2 Å². The first-order valence-electron chi connectivity index (χ1n) is 12.9. The average molecular weight is 524 g/mol. The van der Waals surface area contributed by atoms with Gasteiger partial charge in [-0.25, -0.2) is 19.0 Å². The molecule has 1 atom stereocenters. The van der Waals surface area contributed by atoms with E-state index in [9.17, 15) is 10.1 Å². The van der Waals surface area contributed by atoms with Crippen LogP contribution in [0.15, 0.2) is 66.5 Å². The molecule has 1 amide bonds. The number of amides is 1. The number of allylic oxidation sites excluding steroid dienone is 1. The number of carbonyl (C=O) groups is 1. The lowest BCUT2D eigenvalue weighted by molar-refractivity contribution is -0.127. The number of nitriles is 1. The van der Waals surface area contributed by atoms with E-state index in [4.69, 9.17) is 15.6 Å². The molecule has 39 heavy (non-hydrogen) atoms. The van der Waals surface area contributed by atoms with Gasteiger partial charge in [0.25, 0.3) is 5.91 Å². The first kappa shape index (κ1) is 24.6. The summed E-state index contributed by atoms with van der Waals surface area (Å²) in [5.41, 5.74) is 7.42. The van der Waals surface area contributed by atoms with Gasteiger partial charge in [0.1, 0.15) is 46.8 Å². The molecule has 0 radical (unpaired) electrons. The third-order valence-electron chi connectivity index (χ3n) is 7.13. The van der Waals surface area contributed by atoms with Crippen LogP contribution in [0.25, 0.3) is 22.3 Å². The number of nitrogen functional groups attached to an aromatic ring is 1. The average Bonchev–Trinajstić information content (AvgIpc) is 3.52. The molecule has 2 aromatic heterocycles. The Morgan fingerprint density at radius 2 is 1.97 bits per heavy atom. The number of nitrogens with two attached hydrogens (primary N) is 1. The summed E-state index contributed by atoms with van der Waals surface area (Å²) in [5.74, 6) is 0.671. The number of carbonyl (C=O) groups excluding carboxylic acids is 1. The third-order valence-corrected chi connectivity index (χ3v) is 7.13. The van der Waals surface area contributed by atoms with Gasteiger partial charge < -0.3 is 15.4 Å². The number of benzene rings is 2. The van der Waals surface area contributed by atoms with Gasteiger partial charge >= 0.3 is 0 Å². The van der Waals surface area contributed by atoms with Crippen molar-refractivity contribution in [3.05, 3.63) is 72.3 Å². The molecule has 1 saturated heterocycles. The number of rotatable bonds is 7. The summed E-state index contributed by atoms with van der Waals surface area (Å²) in [6.07, 6.45) is 6.74.